The van der Waals surface area contributed by atoms with Gasteiger partial charge in [0.2, 0.25) is 0 Å². The van der Waals surface area contributed by atoms with E-state index in [1.807, 2.05) is 43.3 Å². The Kier molecular flexibility index (Phi) is 3.28. The molecule has 6 nitrogen and oxygen atoms in total. The summed E-state index contributed by atoms with van der Waals surface area (Å²) in [5.41, 5.74) is 2.74. The lowest BCUT2D eigenvalue weighted by atomic mass is 10.2. The molecule has 0 aliphatic heterocycles. The molecule has 0 saturated heterocycles. The third kappa shape index (κ3) is 2.23. The highest BCUT2D eigenvalue weighted by atomic mass is 35.5. The van der Waals surface area contributed by atoms with Gasteiger partial charge in [0, 0.05) is 24.5 Å². The van der Waals surface area contributed by atoms with Crippen LogP contribution >= 0.6 is 11.6 Å². The highest BCUT2D eigenvalue weighted by Gasteiger charge is 2.14. The van der Waals surface area contributed by atoms with Gasteiger partial charge in [0.1, 0.15) is 5.82 Å². The van der Waals surface area contributed by atoms with Crippen LogP contribution in [0.5, 0.6) is 0 Å². The van der Waals surface area contributed by atoms with E-state index in [4.69, 9.17) is 11.6 Å². The second-order valence-corrected chi connectivity index (χ2v) is 6.15. The van der Waals surface area contributed by atoms with Crippen molar-refractivity contribution in [1.29, 1.82) is 0 Å². The zero-order valence-corrected chi connectivity index (χ0v) is 13.9. The second-order valence-electron chi connectivity index (χ2n) is 5.71. The molecule has 2 heterocycles. The van der Waals surface area contributed by atoms with Crippen molar-refractivity contribution < 1.29 is 0 Å². The van der Waals surface area contributed by atoms with Crippen molar-refractivity contribution in [2.45, 2.75) is 0 Å². The quantitative estimate of drug-likeness (QED) is 0.609. The number of nitrogens with zero attached hydrogens (tertiary/aromatic N) is 4. The van der Waals surface area contributed by atoms with E-state index in [9.17, 15) is 4.79 Å². The fraction of sp³-hybridized carbons (Fsp3) is 0.118. The molecule has 0 unspecified atom stereocenters. The van der Waals surface area contributed by atoms with Crippen molar-refractivity contribution in [3.63, 3.8) is 0 Å². The number of hydrogen-bond acceptors (Lipinski definition) is 4. The Morgan fingerprint density at radius 1 is 1.17 bits per heavy atom. The highest BCUT2D eigenvalue weighted by Crippen LogP contribution is 2.27. The van der Waals surface area contributed by atoms with Gasteiger partial charge in [-0.15, -0.1) is 0 Å². The fourth-order valence-corrected chi connectivity index (χ4v) is 3.00. The van der Waals surface area contributed by atoms with Crippen molar-refractivity contribution in [3.05, 3.63) is 58.2 Å². The molecule has 0 spiro atoms. The van der Waals surface area contributed by atoms with Crippen molar-refractivity contribution in [3.8, 4) is 5.69 Å². The van der Waals surface area contributed by atoms with Gasteiger partial charge in [-0.1, -0.05) is 11.6 Å². The lowest BCUT2D eigenvalue weighted by Crippen LogP contribution is -2.25. The van der Waals surface area contributed by atoms with Crippen molar-refractivity contribution in [1.82, 2.24) is 19.5 Å². The summed E-state index contributed by atoms with van der Waals surface area (Å²) >= 11 is 6.17. The van der Waals surface area contributed by atoms with Crippen LogP contribution in [0.1, 0.15) is 0 Å². The van der Waals surface area contributed by atoms with Crippen LogP contribution in [0, 0.1) is 0 Å². The molecule has 0 radical (unpaired) electrons. The van der Waals surface area contributed by atoms with Crippen molar-refractivity contribution in [2.75, 3.05) is 19.0 Å². The molecule has 24 heavy (non-hydrogen) atoms. The predicted octanol–water partition coefficient (Wildman–Crippen LogP) is 2.98. The molecule has 0 atom stereocenters. The molecule has 0 saturated carbocycles. The molecule has 4 rings (SSSR count). The SMILES string of the molecule is CN(C)c1nc(=O)n(-c2ccc3[nH]cnc3c2)c2cc(Cl)ccc12. The number of rotatable bonds is 2. The minimum atomic E-state index is -0.358. The van der Waals surface area contributed by atoms with Crippen molar-refractivity contribution in [2.24, 2.45) is 0 Å². The lowest BCUT2D eigenvalue weighted by molar-refractivity contribution is 0.937. The van der Waals surface area contributed by atoms with Crippen LogP contribution in [0.15, 0.2) is 47.5 Å². The molecular weight excluding hydrogens is 326 g/mol. The number of imidazole rings is 1. The maximum absolute atomic E-state index is 12.7. The Morgan fingerprint density at radius 2 is 2.00 bits per heavy atom. The summed E-state index contributed by atoms with van der Waals surface area (Å²) in [5, 5.41) is 1.42. The first-order valence-electron chi connectivity index (χ1n) is 7.38. The maximum Gasteiger partial charge on any atom is 0.354 e. The first-order valence-corrected chi connectivity index (χ1v) is 7.75. The van der Waals surface area contributed by atoms with E-state index in [1.54, 1.807) is 23.0 Å². The van der Waals surface area contributed by atoms with Crippen LogP contribution < -0.4 is 10.6 Å². The molecule has 4 aromatic rings. The number of halogens is 1. The Bertz CT molecular complexity index is 1130. The molecule has 0 aliphatic carbocycles. The Hall–Kier alpha value is -2.86. The molecule has 0 fully saturated rings. The van der Waals surface area contributed by atoms with Gasteiger partial charge in [0.25, 0.3) is 0 Å². The van der Waals surface area contributed by atoms with E-state index >= 15 is 0 Å². The maximum atomic E-state index is 12.7. The summed E-state index contributed by atoms with van der Waals surface area (Å²) in [6.45, 7) is 0. The average molecular weight is 340 g/mol. The summed E-state index contributed by atoms with van der Waals surface area (Å²) in [4.78, 5) is 26.0. The van der Waals surface area contributed by atoms with Crippen LogP contribution in [0.25, 0.3) is 27.6 Å². The normalized spacial score (nSPS) is 11.3. The number of nitrogens with one attached hydrogen (secondary N) is 1. The predicted molar refractivity (Wildman–Crippen MR) is 96.3 cm³/mol. The highest BCUT2D eigenvalue weighted by molar-refractivity contribution is 6.31. The summed E-state index contributed by atoms with van der Waals surface area (Å²) in [6.07, 6.45) is 1.62. The van der Waals surface area contributed by atoms with Crippen LogP contribution in [0.2, 0.25) is 5.02 Å². The monoisotopic (exact) mass is 339 g/mol. The Balaban J connectivity index is 2.11. The van der Waals surface area contributed by atoms with Gasteiger partial charge < -0.3 is 9.88 Å². The molecule has 120 valence electrons. The molecule has 2 aromatic heterocycles. The minimum Gasteiger partial charge on any atom is -0.362 e. The number of aromatic nitrogens is 4. The lowest BCUT2D eigenvalue weighted by Gasteiger charge is -2.17. The number of benzene rings is 2. The summed E-state index contributed by atoms with van der Waals surface area (Å²) < 4.78 is 1.56. The Morgan fingerprint density at radius 3 is 2.79 bits per heavy atom. The van der Waals surface area contributed by atoms with Crippen molar-refractivity contribution >= 4 is 39.4 Å². The number of hydrogen-bond donors (Lipinski definition) is 1. The van der Waals surface area contributed by atoms with E-state index in [-0.39, 0.29) is 5.69 Å². The van der Waals surface area contributed by atoms with Crippen LogP contribution in [-0.4, -0.2) is 33.6 Å². The second kappa shape index (κ2) is 5.35. The largest absolute Gasteiger partial charge is 0.362 e. The van der Waals surface area contributed by atoms with Gasteiger partial charge in [0.05, 0.1) is 28.6 Å². The number of aromatic amines is 1. The van der Waals surface area contributed by atoms with Gasteiger partial charge in [0.15, 0.2) is 0 Å². The van der Waals surface area contributed by atoms with Gasteiger partial charge in [-0.3, -0.25) is 4.57 Å². The summed E-state index contributed by atoms with van der Waals surface area (Å²) in [6, 6.07) is 11.1. The molecule has 0 aliphatic rings. The van der Waals surface area contributed by atoms with Gasteiger partial charge in [-0.05, 0) is 36.4 Å². The fourth-order valence-electron chi connectivity index (χ4n) is 2.83. The van der Waals surface area contributed by atoms with Gasteiger partial charge in [-0.25, -0.2) is 9.78 Å². The third-order valence-corrected chi connectivity index (χ3v) is 4.16. The molecule has 7 heteroatoms. The molecular formula is C17H14ClN5O. The molecule has 1 N–H and O–H groups in total. The molecule has 2 aromatic carbocycles. The van der Waals surface area contributed by atoms with E-state index in [2.05, 4.69) is 15.0 Å². The van der Waals surface area contributed by atoms with E-state index in [1.165, 1.54) is 0 Å². The summed E-state index contributed by atoms with van der Waals surface area (Å²) in [7, 11) is 3.71. The van der Waals surface area contributed by atoms with Crippen LogP contribution in [0.3, 0.4) is 0 Å². The van der Waals surface area contributed by atoms with E-state index in [0.29, 0.717) is 22.0 Å². The van der Waals surface area contributed by atoms with Gasteiger partial charge >= 0.3 is 5.69 Å². The molecule has 0 bridgehead atoms. The topological polar surface area (TPSA) is 66.8 Å². The summed E-state index contributed by atoms with van der Waals surface area (Å²) in [5.74, 6) is 0.615. The first kappa shape index (κ1) is 14.7. The minimum absolute atomic E-state index is 0.358. The molecule has 0 amide bonds. The van der Waals surface area contributed by atoms with Crippen LogP contribution in [-0.2, 0) is 0 Å². The Labute approximate surface area is 142 Å². The van der Waals surface area contributed by atoms with E-state index in [0.717, 1.165) is 16.4 Å². The zero-order chi connectivity index (χ0) is 16.8. The number of H-pyrrole nitrogens is 1. The number of fused-ring (bicyclic) bond motifs is 2. The zero-order valence-electron chi connectivity index (χ0n) is 13.1. The smallest absolute Gasteiger partial charge is 0.354 e. The standard InChI is InChI=1S/C17H14ClN5O/c1-22(2)16-12-5-3-10(18)7-15(12)23(17(24)21-16)11-4-6-13-14(8-11)20-9-19-13/h3-9H,1-2H3,(H,19,20). The third-order valence-electron chi connectivity index (χ3n) is 3.92. The first-order chi connectivity index (χ1) is 11.5. The number of anilines is 1. The van der Waals surface area contributed by atoms with Crippen LogP contribution in [0.4, 0.5) is 5.82 Å². The van der Waals surface area contributed by atoms with E-state index < -0.39 is 0 Å². The van der Waals surface area contributed by atoms with Gasteiger partial charge in [-0.2, -0.15) is 4.98 Å². The average Bonchev–Trinajstić information content (AvgIpc) is 3.01.